The lowest BCUT2D eigenvalue weighted by atomic mass is 10.1. The third-order valence-electron chi connectivity index (χ3n) is 1.33. The topological polar surface area (TPSA) is 29.1 Å². The van der Waals surface area contributed by atoms with Crippen molar-refractivity contribution in [1.29, 1.82) is 0 Å². The van der Waals surface area contributed by atoms with Crippen LogP contribution in [0.4, 0.5) is 0 Å². The summed E-state index contributed by atoms with van der Waals surface area (Å²) in [5.74, 6) is 1.02. The molecule has 0 aromatic heterocycles. The van der Waals surface area contributed by atoms with Crippen LogP contribution in [0.1, 0.15) is 14.7 Å². The van der Waals surface area contributed by atoms with E-state index in [1.165, 1.54) is 0 Å². The molecule has 2 nitrogen and oxygen atoms in total. The number of carbonyl (C=O) groups excluding carboxylic acids is 1. The summed E-state index contributed by atoms with van der Waals surface area (Å²) in [5, 5.41) is 2.80. The summed E-state index contributed by atoms with van der Waals surface area (Å²) in [5.41, 5.74) is 0.391. The molecule has 8 heavy (non-hydrogen) atoms. The molecule has 0 spiro atoms. The van der Waals surface area contributed by atoms with E-state index in [1.54, 1.807) is 12.9 Å². The van der Waals surface area contributed by atoms with Crippen LogP contribution >= 0.6 is 0 Å². The molecule has 0 saturated carbocycles. The van der Waals surface area contributed by atoms with Gasteiger partial charge in [0, 0.05) is 13.8 Å². The molecule has 0 radical (unpaired) electrons. The molecule has 1 heterocycles. The van der Waals surface area contributed by atoms with Gasteiger partial charge >= 0.3 is 0 Å². The van der Waals surface area contributed by atoms with Crippen molar-refractivity contribution in [2.24, 2.45) is 5.89 Å². The van der Waals surface area contributed by atoms with E-state index in [4.69, 9.17) is 1.37 Å². The molecule has 1 N–H and O–H groups in total. The molecule has 44 valence electrons. The lowest BCUT2D eigenvalue weighted by molar-refractivity contribution is 0.562. The van der Waals surface area contributed by atoms with Gasteiger partial charge in [-0.1, -0.05) is 6.92 Å². The molecule has 0 amide bonds. The third-order valence-corrected chi connectivity index (χ3v) is 1.33. The van der Waals surface area contributed by atoms with Gasteiger partial charge in [0.2, 0.25) is 0 Å². The van der Waals surface area contributed by atoms with E-state index in [9.17, 15) is 4.79 Å². The van der Waals surface area contributed by atoms with E-state index < -0.39 is 5.89 Å². The average Bonchev–Trinajstić information content (AvgIpc) is 2.08. The van der Waals surface area contributed by atoms with Gasteiger partial charge < -0.3 is 5.32 Å². The predicted octanol–water partition coefficient (Wildman–Crippen LogP) is 0.331. The second-order valence-electron chi connectivity index (χ2n) is 1.93. The first-order valence-corrected chi connectivity index (χ1v) is 2.66. The monoisotopic (exact) mass is 112 g/mol. The van der Waals surface area contributed by atoms with Crippen molar-refractivity contribution < 1.29 is 6.17 Å². The Morgan fingerprint density at radius 1 is 2.12 bits per heavy atom. The van der Waals surface area contributed by atoms with Crippen molar-refractivity contribution in [3.63, 3.8) is 0 Å². The molecule has 0 aliphatic carbocycles. The van der Waals surface area contributed by atoms with Crippen molar-refractivity contribution in [3.8, 4) is 0 Å². The van der Waals surface area contributed by atoms with Crippen LogP contribution < -0.4 is 5.32 Å². The van der Waals surface area contributed by atoms with Gasteiger partial charge in [0.1, 0.15) is 5.94 Å². The van der Waals surface area contributed by atoms with E-state index in [2.05, 4.69) is 5.32 Å². The van der Waals surface area contributed by atoms with Crippen molar-refractivity contribution in [1.82, 2.24) is 5.32 Å². The van der Waals surface area contributed by atoms with Gasteiger partial charge in [-0.2, -0.15) is 0 Å². The van der Waals surface area contributed by atoms with Crippen LogP contribution in [-0.4, -0.2) is 12.5 Å². The van der Waals surface area contributed by atoms with Gasteiger partial charge in [-0.3, -0.25) is 0 Å². The minimum Gasteiger partial charge on any atom is -0.379 e. The van der Waals surface area contributed by atoms with Gasteiger partial charge in [-0.15, -0.1) is 0 Å². The lowest BCUT2D eigenvalue weighted by Gasteiger charge is -1.94. The molecule has 0 bridgehead atoms. The zero-order valence-electron chi connectivity index (χ0n) is 5.82. The van der Waals surface area contributed by atoms with Crippen LogP contribution in [-0.2, 0) is 4.79 Å². The van der Waals surface area contributed by atoms with E-state index in [-0.39, 0.29) is 0 Å². The number of nitrogens with one attached hydrogen (secondary N) is 1. The minimum absolute atomic E-state index is 0.391. The van der Waals surface area contributed by atoms with Gasteiger partial charge in [-0.25, -0.2) is 4.79 Å². The van der Waals surface area contributed by atoms with E-state index in [0.717, 1.165) is 6.54 Å². The van der Waals surface area contributed by atoms with Crippen LogP contribution in [0, 0.1) is 5.89 Å². The van der Waals surface area contributed by atoms with Gasteiger partial charge in [-0.05, 0) is 6.42 Å². The maximum Gasteiger partial charge on any atom is 0.145 e. The number of allylic oxidation sites excluding steroid dienone is 1. The van der Waals surface area contributed by atoms with Crippen molar-refractivity contribution in [3.05, 3.63) is 5.70 Å². The van der Waals surface area contributed by atoms with E-state index >= 15 is 0 Å². The zero-order chi connectivity index (χ0) is 6.91. The summed E-state index contributed by atoms with van der Waals surface area (Å²) in [6.45, 7) is 2.44. The fourth-order valence-corrected chi connectivity index (χ4v) is 0.774. The summed E-state index contributed by atoms with van der Waals surface area (Å²) in [7, 11) is 0. The summed E-state index contributed by atoms with van der Waals surface area (Å²) in [6.07, 6.45) is 0.706. The Morgan fingerprint density at radius 2 is 2.88 bits per heavy atom. The Bertz CT molecular complexity index is 170. The van der Waals surface area contributed by atoms with Crippen LogP contribution in [0.5, 0.6) is 0 Å². The summed E-state index contributed by atoms with van der Waals surface area (Å²) < 4.78 is 7.48. The quantitative estimate of drug-likeness (QED) is 0.457. The first-order chi connectivity index (χ1) is 4.17. The van der Waals surface area contributed by atoms with Crippen LogP contribution in [0.15, 0.2) is 5.70 Å². The van der Waals surface area contributed by atoms with Gasteiger partial charge in [0.05, 0.1) is 5.70 Å². The highest BCUT2D eigenvalue weighted by molar-refractivity contribution is 5.53. The molecule has 0 unspecified atom stereocenters. The van der Waals surface area contributed by atoms with Crippen molar-refractivity contribution in [2.45, 2.75) is 13.3 Å². The number of hydrogen-bond donors (Lipinski definition) is 1. The molecule has 1 fully saturated rings. The molecule has 1 aliphatic heterocycles. The highest BCUT2D eigenvalue weighted by Gasteiger charge is 2.15. The third kappa shape index (κ3) is 0.749. The smallest absolute Gasteiger partial charge is 0.145 e. The predicted molar refractivity (Wildman–Crippen MR) is 31.0 cm³/mol. The fraction of sp³-hybridized carbons (Fsp3) is 0.667. The minimum atomic E-state index is -0.707. The van der Waals surface area contributed by atoms with Crippen LogP contribution in [0.3, 0.4) is 0 Å². The first kappa shape index (κ1) is 4.16. The highest BCUT2D eigenvalue weighted by Crippen LogP contribution is 2.14. The maximum atomic E-state index is 10.1. The first-order valence-electron chi connectivity index (χ1n) is 3.16. The van der Waals surface area contributed by atoms with Crippen LogP contribution in [0.25, 0.3) is 0 Å². The molecule has 1 atom stereocenters. The van der Waals surface area contributed by atoms with Gasteiger partial charge in [0.15, 0.2) is 0 Å². The Morgan fingerprint density at radius 3 is 3.12 bits per heavy atom. The molecule has 1 aliphatic rings. The number of hydrogen-bond acceptors (Lipinski definition) is 2. The Labute approximate surface area is 50.0 Å². The Kier molecular flexibility index (Phi) is 1.05. The van der Waals surface area contributed by atoms with Crippen LogP contribution in [0.2, 0.25) is 0 Å². The molecule has 0 aromatic carbocycles. The SMILES string of the molecule is [2H][C@]1(C)CCNC1=C=O. The number of rotatable bonds is 0. The lowest BCUT2D eigenvalue weighted by Crippen LogP contribution is -2.05. The van der Waals surface area contributed by atoms with Crippen molar-refractivity contribution in [2.75, 3.05) is 6.54 Å². The molecule has 0 aromatic rings. The zero-order valence-corrected chi connectivity index (χ0v) is 4.82. The summed E-state index contributed by atoms with van der Waals surface area (Å²) in [4.78, 5) is 10.1. The highest BCUT2D eigenvalue weighted by atomic mass is 16.1. The fourth-order valence-electron chi connectivity index (χ4n) is 0.774. The average molecular weight is 112 g/mol. The molecular formula is C6H9NO. The maximum absolute atomic E-state index is 10.1. The Balaban J connectivity index is 2.87. The molecule has 1 rings (SSSR count). The molecule has 2 heteroatoms. The van der Waals surface area contributed by atoms with Crippen molar-refractivity contribution >= 4 is 5.94 Å². The second kappa shape index (κ2) is 2.01. The largest absolute Gasteiger partial charge is 0.379 e. The molecule has 1 saturated heterocycles. The standard InChI is InChI=1S/C6H9NO/c1-5-2-3-7-6(5)4-8/h5,7H,2-3H2,1H3/t5-/m0/s1/i5D. The van der Waals surface area contributed by atoms with E-state index in [0.29, 0.717) is 12.1 Å². The summed E-state index contributed by atoms with van der Waals surface area (Å²) >= 11 is 0. The normalized spacial score (nSPS) is 38.1. The summed E-state index contributed by atoms with van der Waals surface area (Å²) in [6, 6.07) is 0. The van der Waals surface area contributed by atoms with Gasteiger partial charge in [0.25, 0.3) is 0 Å². The molecular weight excluding hydrogens is 102 g/mol. The van der Waals surface area contributed by atoms with E-state index in [1.807, 2.05) is 0 Å². The second-order valence-corrected chi connectivity index (χ2v) is 1.93. The Hall–Kier alpha value is -0.750.